The number of ether oxygens (including phenoxy) is 1. The summed E-state index contributed by atoms with van der Waals surface area (Å²) < 4.78 is 5.20. The molecule has 0 atom stereocenters. The molecule has 4 nitrogen and oxygen atoms in total. The summed E-state index contributed by atoms with van der Waals surface area (Å²) in [6.45, 7) is 8.48. The molecular formula is C13H24N2O2. The maximum atomic E-state index is 11.5. The van der Waals surface area contributed by atoms with Gasteiger partial charge in [0.25, 0.3) is 0 Å². The number of carbonyl (C=O) groups is 1. The van der Waals surface area contributed by atoms with Crippen molar-refractivity contribution in [3.8, 4) is 0 Å². The van der Waals surface area contributed by atoms with Crippen molar-refractivity contribution in [1.29, 1.82) is 0 Å². The summed E-state index contributed by atoms with van der Waals surface area (Å²) in [7, 11) is 0. The van der Waals surface area contributed by atoms with Gasteiger partial charge < -0.3 is 10.1 Å². The predicted molar refractivity (Wildman–Crippen MR) is 67.0 cm³/mol. The van der Waals surface area contributed by atoms with Gasteiger partial charge in [-0.3, -0.25) is 4.90 Å². The number of carbonyl (C=O) groups excluding carboxylic acids is 1. The molecule has 1 saturated carbocycles. The van der Waals surface area contributed by atoms with E-state index in [1.807, 2.05) is 20.8 Å². The molecule has 0 bridgehead atoms. The highest BCUT2D eigenvalue weighted by Crippen LogP contribution is 2.49. The van der Waals surface area contributed by atoms with Gasteiger partial charge in [0, 0.05) is 18.6 Å². The fourth-order valence-corrected chi connectivity index (χ4v) is 2.66. The summed E-state index contributed by atoms with van der Waals surface area (Å²) in [5.41, 5.74) is 0.116. The van der Waals surface area contributed by atoms with Crippen molar-refractivity contribution in [2.75, 3.05) is 19.6 Å². The fourth-order valence-electron chi connectivity index (χ4n) is 2.66. The number of amides is 1. The van der Waals surface area contributed by atoms with Gasteiger partial charge in [-0.25, -0.2) is 4.79 Å². The van der Waals surface area contributed by atoms with Crippen LogP contribution in [0.2, 0.25) is 0 Å². The van der Waals surface area contributed by atoms with Gasteiger partial charge >= 0.3 is 6.09 Å². The van der Waals surface area contributed by atoms with Gasteiger partial charge in [0.15, 0.2) is 0 Å². The Kier molecular flexibility index (Phi) is 3.34. The van der Waals surface area contributed by atoms with E-state index in [1.54, 1.807) is 0 Å². The van der Waals surface area contributed by atoms with E-state index in [-0.39, 0.29) is 6.09 Å². The van der Waals surface area contributed by atoms with Crippen LogP contribution in [0.5, 0.6) is 0 Å². The van der Waals surface area contributed by atoms with E-state index in [4.69, 9.17) is 4.74 Å². The lowest BCUT2D eigenvalue weighted by molar-refractivity contribution is 0.0520. The second kappa shape index (κ2) is 4.48. The van der Waals surface area contributed by atoms with Crippen LogP contribution in [0.3, 0.4) is 0 Å². The Labute approximate surface area is 104 Å². The number of rotatable bonds is 3. The molecule has 1 saturated heterocycles. The van der Waals surface area contributed by atoms with Crippen molar-refractivity contribution in [2.24, 2.45) is 0 Å². The molecule has 0 aromatic heterocycles. The van der Waals surface area contributed by atoms with Crippen LogP contribution >= 0.6 is 0 Å². The highest BCUT2D eigenvalue weighted by molar-refractivity contribution is 5.67. The monoisotopic (exact) mass is 240 g/mol. The summed E-state index contributed by atoms with van der Waals surface area (Å²) in [4.78, 5) is 14.0. The molecule has 1 aliphatic carbocycles. The van der Waals surface area contributed by atoms with Crippen LogP contribution in [0.25, 0.3) is 0 Å². The second-order valence-corrected chi connectivity index (χ2v) is 6.24. The maximum Gasteiger partial charge on any atom is 0.407 e. The largest absolute Gasteiger partial charge is 0.444 e. The second-order valence-electron chi connectivity index (χ2n) is 6.24. The van der Waals surface area contributed by atoms with Gasteiger partial charge in [0.05, 0.1) is 0 Å². The average Bonchev–Trinajstić information content (AvgIpc) is 2.82. The van der Waals surface area contributed by atoms with E-state index in [0.717, 1.165) is 6.54 Å². The molecule has 17 heavy (non-hydrogen) atoms. The Morgan fingerprint density at radius 3 is 2.65 bits per heavy atom. The molecule has 0 unspecified atom stereocenters. The Morgan fingerprint density at radius 2 is 2.06 bits per heavy atom. The first kappa shape index (κ1) is 12.7. The molecule has 1 N–H and O–H groups in total. The molecule has 0 aromatic carbocycles. The lowest BCUT2D eigenvalue weighted by atomic mass is 10.2. The third-order valence-corrected chi connectivity index (χ3v) is 3.62. The SMILES string of the molecule is CC(C)(C)OC(=O)NCCN1CCCC12CC2. The molecule has 2 fully saturated rings. The minimum absolute atomic E-state index is 0.304. The van der Waals surface area contributed by atoms with E-state index in [1.165, 1.54) is 32.2 Å². The van der Waals surface area contributed by atoms with Crippen LogP contribution < -0.4 is 5.32 Å². The lowest BCUT2D eigenvalue weighted by Gasteiger charge is -2.24. The van der Waals surface area contributed by atoms with Crippen molar-refractivity contribution in [3.05, 3.63) is 0 Å². The van der Waals surface area contributed by atoms with Gasteiger partial charge in [0.1, 0.15) is 5.60 Å². The first-order chi connectivity index (χ1) is 7.91. The summed E-state index contributed by atoms with van der Waals surface area (Å²) in [5.74, 6) is 0. The van der Waals surface area contributed by atoms with Gasteiger partial charge in [-0.05, 0) is 53.0 Å². The predicted octanol–water partition coefficient (Wildman–Crippen LogP) is 2.14. The first-order valence-electron chi connectivity index (χ1n) is 6.63. The van der Waals surface area contributed by atoms with E-state index < -0.39 is 5.60 Å². The molecule has 98 valence electrons. The molecule has 1 aliphatic heterocycles. The maximum absolute atomic E-state index is 11.5. The minimum Gasteiger partial charge on any atom is -0.444 e. The van der Waals surface area contributed by atoms with Crippen molar-refractivity contribution in [2.45, 2.75) is 57.6 Å². The van der Waals surface area contributed by atoms with Crippen LogP contribution in [0, 0.1) is 0 Å². The summed E-state index contributed by atoms with van der Waals surface area (Å²) in [6, 6.07) is 0. The highest BCUT2D eigenvalue weighted by Gasteiger charge is 2.49. The molecule has 0 aromatic rings. The first-order valence-corrected chi connectivity index (χ1v) is 6.63. The highest BCUT2D eigenvalue weighted by atomic mass is 16.6. The molecule has 4 heteroatoms. The van der Waals surface area contributed by atoms with Crippen molar-refractivity contribution < 1.29 is 9.53 Å². The van der Waals surface area contributed by atoms with E-state index >= 15 is 0 Å². The van der Waals surface area contributed by atoms with E-state index in [9.17, 15) is 4.79 Å². The fraction of sp³-hybridized carbons (Fsp3) is 0.923. The van der Waals surface area contributed by atoms with E-state index in [2.05, 4.69) is 10.2 Å². The average molecular weight is 240 g/mol. The summed E-state index contributed by atoms with van der Waals surface area (Å²) >= 11 is 0. The molecule has 1 heterocycles. The third-order valence-electron chi connectivity index (χ3n) is 3.62. The standard InChI is InChI=1S/C13H24N2O2/c1-12(2,3)17-11(16)14-8-10-15-9-4-5-13(15)6-7-13/h4-10H2,1-3H3,(H,14,16). The van der Waals surface area contributed by atoms with E-state index in [0.29, 0.717) is 12.1 Å². The van der Waals surface area contributed by atoms with Crippen molar-refractivity contribution >= 4 is 6.09 Å². The number of likely N-dealkylation sites (tertiary alicyclic amines) is 1. The van der Waals surface area contributed by atoms with Crippen molar-refractivity contribution in [1.82, 2.24) is 10.2 Å². The van der Waals surface area contributed by atoms with Gasteiger partial charge in [-0.1, -0.05) is 0 Å². The Hall–Kier alpha value is -0.770. The molecule has 0 radical (unpaired) electrons. The Balaban J connectivity index is 1.64. The van der Waals surface area contributed by atoms with Crippen LogP contribution in [-0.2, 0) is 4.74 Å². The zero-order valence-electron chi connectivity index (χ0n) is 11.2. The van der Waals surface area contributed by atoms with Gasteiger partial charge in [-0.15, -0.1) is 0 Å². The summed E-state index contributed by atoms with van der Waals surface area (Å²) in [5, 5.41) is 2.83. The number of nitrogens with one attached hydrogen (secondary N) is 1. The molecule has 1 spiro atoms. The topological polar surface area (TPSA) is 41.6 Å². The number of hydrogen-bond acceptors (Lipinski definition) is 3. The van der Waals surface area contributed by atoms with Crippen LogP contribution in [0.4, 0.5) is 4.79 Å². The zero-order chi connectivity index (χ0) is 12.5. The zero-order valence-corrected chi connectivity index (χ0v) is 11.2. The van der Waals surface area contributed by atoms with Crippen LogP contribution in [0.15, 0.2) is 0 Å². The number of alkyl carbamates (subject to hydrolysis) is 1. The molecular weight excluding hydrogens is 216 g/mol. The summed E-state index contributed by atoms with van der Waals surface area (Å²) in [6.07, 6.45) is 5.05. The molecule has 2 aliphatic rings. The van der Waals surface area contributed by atoms with Crippen molar-refractivity contribution in [3.63, 3.8) is 0 Å². The van der Waals surface area contributed by atoms with Gasteiger partial charge in [-0.2, -0.15) is 0 Å². The molecule has 1 amide bonds. The van der Waals surface area contributed by atoms with Crippen LogP contribution in [0.1, 0.15) is 46.5 Å². The normalized spacial score (nSPS) is 22.8. The lowest BCUT2D eigenvalue weighted by Crippen LogP contribution is -2.40. The quantitative estimate of drug-likeness (QED) is 0.821. The third kappa shape index (κ3) is 3.35. The molecule has 2 rings (SSSR count). The Morgan fingerprint density at radius 1 is 1.35 bits per heavy atom. The van der Waals surface area contributed by atoms with Crippen LogP contribution in [-0.4, -0.2) is 41.8 Å². The van der Waals surface area contributed by atoms with Gasteiger partial charge in [0.2, 0.25) is 0 Å². The number of nitrogens with zero attached hydrogens (tertiary/aromatic N) is 1. The minimum atomic E-state index is -0.407. The number of hydrogen-bond donors (Lipinski definition) is 1. The smallest absolute Gasteiger partial charge is 0.407 e. The Bertz CT molecular complexity index is 292.